The van der Waals surface area contributed by atoms with Gasteiger partial charge in [0.05, 0.1) is 6.10 Å². The summed E-state index contributed by atoms with van der Waals surface area (Å²) >= 11 is 2.13. The predicted octanol–water partition coefficient (Wildman–Crippen LogP) is 2.43. The molecule has 0 aromatic carbocycles. The molecule has 0 amide bonds. The number of ether oxygens (including phenoxy) is 1. The summed E-state index contributed by atoms with van der Waals surface area (Å²) in [6.45, 7) is 5.40. The van der Waals surface area contributed by atoms with Crippen LogP contribution in [0, 0.1) is 0 Å². The van der Waals surface area contributed by atoms with Crippen molar-refractivity contribution >= 4 is 11.8 Å². The molecule has 1 heterocycles. The van der Waals surface area contributed by atoms with E-state index in [1.165, 1.54) is 31.4 Å². The average molecular weight is 229 g/mol. The van der Waals surface area contributed by atoms with Crippen LogP contribution in [0.3, 0.4) is 0 Å². The lowest BCUT2D eigenvalue weighted by Gasteiger charge is -2.25. The van der Waals surface area contributed by atoms with Gasteiger partial charge in [-0.1, -0.05) is 13.3 Å². The zero-order chi connectivity index (χ0) is 10.7. The lowest BCUT2D eigenvalue weighted by molar-refractivity contribution is 0.111. The van der Waals surface area contributed by atoms with E-state index >= 15 is 0 Å². The second-order valence-electron chi connectivity index (χ2n) is 4.67. The smallest absolute Gasteiger partial charge is 0.0700 e. The zero-order valence-corrected chi connectivity index (χ0v) is 10.7. The van der Waals surface area contributed by atoms with Crippen LogP contribution in [-0.4, -0.2) is 35.8 Å². The minimum atomic E-state index is 0.415. The first-order valence-electron chi connectivity index (χ1n) is 6.30. The maximum absolute atomic E-state index is 5.60. The van der Waals surface area contributed by atoms with Gasteiger partial charge in [0, 0.05) is 23.9 Å². The maximum Gasteiger partial charge on any atom is 0.0700 e. The Hall–Kier alpha value is 0.270. The topological polar surface area (TPSA) is 21.3 Å². The molecule has 1 saturated heterocycles. The number of nitrogens with one attached hydrogen (secondary N) is 1. The van der Waals surface area contributed by atoms with Gasteiger partial charge in [-0.15, -0.1) is 0 Å². The molecule has 0 spiro atoms. The molecule has 1 aliphatic heterocycles. The average Bonchev–Trinajstić information content (AvgIpc) is 2.80. The Bertz CT molecular complexity index is 200. The van der Waals surface area contributed by atoms with Gasteiger partial charge in [0.2, 0.25) is 0 Å². The third-order valence-electron chi connectivity index (χ3n) is 3.64. The summed E-state index contributed by atoms with van der Waals surface area (Å²) in [5, 5.41) is 4.67. The fourth-order valence-electron chi connectivity index (χ4n) is 2.76. The van der Waals surface area contributed by atoms with Gasteiger partial charge in [-0.05, 0) is 31.9 Å². The quantitative estimate of drug-likeness (QED) is 0.800. The lowest BCUT2D eigenvalue weighted by atomic mass is 10.1. The molecule has 2 fully saturated rings. The molecule has 1 N–H and O–H groups in total. The molecule has 2 aliphatic rings. The minimum Gasteiger partial charge on any atom is -0.377 e. The molecule has 0 radical (unpaired) electrons. The van der Waals surface area contributed by atoms with Gasteiger partial charge in [-0.2, -0.15) is 11.8 Å². The van der Waals surface area contributed by atoms with E-state index in [9.17, 15) is 0 Å². The number of hydrogen-bond acceptors (Lipinski definition) is 3. The highest BCUT2D eigenvalue weighted by Gasteiger charge is 2.32. The lowest BCUT2D eigenvalue weighted by Crippen LogP contribution is -2.44. The summed E-state index contributed by atoms with van der Waals surface area (Å²) in [6, 6.07) is 1.34. The molecule has 88 valence electrons. The normalized spacial score (nSPS) is 41.2. The van der Waals surface area contributed by atoms with Crippen LogP contribution < -0.4 is 5.32 Å². The van der Waals surface area contributed by atoms with Crippen molar-refractivity contribution in [1.29, 1.82) is 0 Å². The van der Waals surface area contributed by atoms with E-state index in [1.807, 2.05) is 0 Å². The largest absolute Gasteiger partial charge is 0.377 e. The molecule has 0 aromatic rings. The van der Waals surface area contributed by atoms with Crippen LogP contribution in [0.2, 0.25) is 0 Å². The van der Waals surface area contributed by atoms with Crippen LogP contribution >= 0.6 is 11.8 Å². The molecule has 4 atom stereocenters. The Morgan fingerprint density at radius 1 is 1.27 bits per heavy atom. The van der Waals surface area contributed by atoms with Crippen LogP contribution in [0.5, 0.6) is 0 Å². The Morgan fingerprint density at radius 2 is 2.13 bits per heavy atom. The maximum atomic E-state index is 5.60. The molecule has 1 aliphatic carbocycles. The summed E-state index contributed by atoms with van der Waals surface area (Å²) in [4.78, 5) is 0. The molecule has 4 unspecified atom stereocenters. The van der Waals surface area contributed by atoms with E-state index in [1.54, 1.807) is 0 Å². The highest BCUT2D eigenvalue weighted by Crippen LogP contribution is 2.31. The van der Waals surface area contributed by atoms with Crippen LogP contribution in [0.15, 0.2) is 0 Å². The van der Waals surface area contributed by atoms with Crippen LogP contribution in [0.4, 0.5) is 0 Å². The van der Waals surface area contributed by atoms with Gasteiger partial charge < -0.3 is 10.1 Å². The van der Waals surface area contributed by atoms with Crippen LogP contribution in [-0.2, 0) is 4.74 Å². The molecule has 2 rings (SSSR count). The number of hydrogen-bond donors (Lipinski definition) is 1. The summed E-state index contributed by atoms with van der Waals surface area (Å²) in [5.74, 6) is 1.25. The summed E-state index contributed by atoms with van der Waals surface area (Å²) < 4.78 is 5.60. The molecule has 15 heavy (non-hydrogen) atoms. The Kier molecular flexibility index (Phi) is 4.35. The van der Waals surface area contributed by atoms with Crippen molar-refractivity contribution in [3.05, 3.63) is 0 Å². The highest BCUT2D eigenvalue weighted by atomic mass is 32.2. The zero-order valence-electron chi connectivity index (χ0n) is 9.87. The van der Waals surface area contributed by atoms with Crippen LogP contribution in [0.1, 0.15) is 39.5 Å². The third-order valence-corrected chi connectivity index (χ3v) is 4.96. The molecular weight excluding hydrogens is 206 g/mol. The molecule has 3 heteroatoms. The minimum absolute atomic E-state index is 0.415. The summed E-state index contributed by atoms with van der Waals surface area (Å²) in [6.07, 6.45) is 5.77. The number of thioether (sulfide) groups is 1. The van der Waals surface area contributed by atoms with E-state index < -0.39 is 0 Å². The van der Waals surface area contributed by atoms with Crippen molar-refractivity contribution in [3.63, 3.8) is 0 Å². The third kappa shape index (κ3) is 2.89. The molecule has 0 bridgehead atoms. The van der Waals surface area contributed by atoms with Gasteiger partial charge in [0.1, 0.15) is 0 Å². The van der Waals surface area contributed by atoms with Gasteiger partial charge in [-0.3, -0.25) is 0 Å². The van der Waals surface area contributed by atoms with E-state index in [0.717, 1.165) is 17.9 Å². The van der Waals surface area contributed by atoms with Gasteiger partial charge >= 0.3 is 0 Å². The Balaban J connectivity index is 1.82. The first-order valence-corrected chi connectivity index (χ1v) is 7.35. The summed E-state index contributed by atoms with van der Waals surface area (Å²) in [5.41, 5.74) is 0. The van der Waals surface area contributed by atoms with Crippen molar-refractivity contribution in [2.75, 3.05) is 12.4 Å². The first-order chi connectivity index (χ1) is 7.31. The monoisotopic (exact) mass is 229 g/mol. The first kappa shape index (κ1) is 11.7. The van der Waals surface area contributed by atoms with Crippen LogP contribution in [0.25, 0.3) is 0 Å². The molecule has 1 saturated carbocycles. The fourth-order valence-corrected chi connectivity index (χ4v) is 3.96. The molecule has 0 aromatic heterocycles. The molecule has 2 nitrogen and oxygen atoms in total. The second-order valence-corrected chi connectivity index (χ2v) is 6.19. The van der Waals surface area contributed by atoms with Crippen molar-refractivity contribution < 1.29 is 4.74 Å². The van der Waals surface area contributed by atoms with E-state index in [-0.39, 0.29) is 0 Å². The van der Waals surface area contributed by atoms with E-state index in [4.69, 9.17) is 4.74 Å². The second kappa shape index (κ2) is 5.55. The SMILES string of the molecule is CCSC1CCCC1NC1CCOC1C. The molecular formula is C12H23NOS. The van der Waals surface area contributed by atoms with Crippen molar-refractivity contribution in [2.24, 2.45) is 0 Å². The van der Waals surface area contributed by atoms with Gasteiger partial charge in [0.15, 0.2) is 0 Å². The highest BCUT2D eigenvalue weighted by molar-refractivity contribution is 7.99. The van der Waals surface area contributed by atoms with Gasteiger partial charge in [-0.25, -0.2) is 0 Å². The Morgan fingerprint density at radius 3 is 2.80 bits per heavy atom. The predicted molar refractivity (Wildman–Crippen MR) is 66.5 cm³/mol. The van der Waals surface area contributed by atoms with Gasteiger partial charge in [0.25, 0.3) is 0 Å². The number of rotatable bonds is 4. The Labute approximate surface area is 97.5 Å². The summed E-state index contributed by atoms with van der Waals surface area (Å²) in [7, 11) is 0. The van der Waals surface area contributed by atoms with E-state index in [0.29, 0.717) is 12.1 Å². The van der Waals surface area contributed by atoms with E-state index in [2.05, 4.69) is 30.9 Å². The fraction of sp³-hybridized carbons (Fsp3) is 1.00. The van der Waals surface area contributed by atoms with Crippen molar-refractivity contribution in [3.8, 4) is 0 Å². The van der Waals surface area contributed by atoms with Crippen molar-refractivity contribution in [1.82, 2.24) is 5.32 Å². The standard InChI is InChI=1S/C12H23NOS/c1-3-15-12-6-4-5-11(12)13-10-7-8-14-9(10)2/h9-13H,3-8H2,1-2H3. The van der Waals surface area contributed by atoms with Crippen molar-refractivity contribution in [2.45, 2.75) is 63.0 Å².